The van der Waals surface area contributed by atoms with Gasteiger partial charge in [0.25, 0.3) is 11.8 Å². The molecule has 2 amide bonds. The molecule has 1 fully saturated rings. The Morgan fingerprint density at radius 1 is 1.38 bits per heavy atom. The maximum absolute atomic E-state index is 12.4. The SMILES string of the molecule is C=C/C=C(\C=C(/N)Cl)C(=O)Nc1cc(C(=O)NC2CC2)ccc1C. The largest absolute Gasteiger partial charge is 0.389 e. The van der Waals surface area contributed by atoms with Gasteiger partial charge in [0.15, 0.2) is 0 Å². The van der Waals surface area contributed by atoms with Gasteiger partial charge in [0.05, 0.1) is 5.16 Å². The number of benzene rings is 1. The average molecular weight is 346 g/mol. The van der Waals surface area contributed by atoms with Gasteiger partial charge in [-0.05, 0) is 49.6 Å². The smallest absolute Gasteiger partial charge is 0.255 e. The maximum Gasteiger partial charge on any atom is 0.255 e. The van der Waals surface area contributed by atoms with Crippen LogP contribution >= 0.6 is 11.6 Å². The lowest BCUT2D eigenvalue weighted by Gasteiger charge is -2.11. The number of nitrogens with two attached hydrogens (primary N) is 1. The lowest BCUT2D eigenvalue weighted by molar-refractivity contribution is -0.112. The predicted molar refractivity (Wildman–Crippen MR) is 96.7 cm³/mol. The van der Waals surface area contributed by atoms with E-state index >= 15 is 0 Å². The van der Waals surface area contributed by atoms with Gasteiger partial charge in [-0.15, -0.1) is 0 Å². The minimum absolute atomic E-state index is 0.00691. The van der Waals surface area contributed by atoms with E-state index in [0.29, 0.717) is 11.3 Å². The molecule has 0 bridgehead atoms. The molecule has 1 aromatic rings. The van der Waals surface area contributed by atoms with E-state index in [1.54, 1.807) is 18.2 Å². The van der Waals surface area contributed by atoms with Crippen molar-refractivity contribution in [3.05, 3.63) is 64.9 Å². The molecule has 0 aromatic heterocycles. The van der Waals surface area contributed by atoms with Crippen LogP contribution in [0.4, 0.5) is 5.69 Å². The molecule has 1 aliphatic rings. The van der Waals surface area contributed by atoms with Crippen molar-refractivity contribution in [2.24, 2.45) is 5.73 Å². The summed E-state index contributed by atoms with van der Waals surface area (Å²) in [4.78, 5) is 24.5. The zero-order valence-corrected chi connectivity index (χ0v) is 14.2. The molecule has 0 unspecified atom stereocenters. The van der Waals surface area contributed by atoms with Gasteiger partial charge in [0.1, 0.15) is 0 Å². The van der Waals surface area contributed by atoms with Crippen molar-refractivity contribution >= 4 is 29.1 Å². The minimum Gasteiger partial charge on any atom is -0.389 e. The van der Waals surface area contributed by atoms with Gasteiger partial charge in [0, 0.05) is 22.9 Å². The van der Waals surface area contributed by atoms with Crippen molar-refractivity contribution in [3.8, 4) is 0 Å². The van der Waals surface area contributed by atoms with Crippen molar-refractivity contribution < 1.29 is 9.59 Å². The lowest BCUT2D eigenvalue weighted by Crippen LogP contribution is -2.25. The number of rotatable bonds is 6. The molecule has 6 heteroatoms. The van der Waals surface area contributed by atoms with Gasteiger partial charge in [-0.2, -0.15) is 0 Å². The summed E-state index contributed by atoms with van der Waals surface area (Å²) in [6.07, 6.45) is 6.35. The predicted octanol–water partition coefficient (Wildman–Crippen LogP) is 2.98. The summed E-state index contributed by atoms with van der Waals surface area (Å²) in [5, 5.41) is 5.68. The van der Waals surface area contributed by atoms with Gasteiger partial charge in [-0.25, -0.2) is 0 Å². The van der Waals surface area contributed by atoms with Crippen LogP contribution in [0.15, 0.2) is 53.7 Å². The third-order valence-corrected chi connectivity index (χ3v) is 3.62. The number of anilines is 1. The van der Waals surface area contributed by atoms with Crippen LogP contribution in [-0.2, 0) is 4.79 Å². The number of nitrogens with one attached hydrogen (secondary N) is 2. The van der Waals surface area contributed by atoms with Gasteiger partial charge in [-0.1, -0.05) is 30.3 Å². The fourth-order valence-corrected chi connectivity index (χ4v) is 2.17. The molecule has 0 atom stereocenters. The standard InChI is InChI=1S/C18H20ClN3O2/c1-3-4-12(10-16(19)20)18(24)22-15-9-13(6-5-11(15)2)17(23)21-14-7-8-14/h3-6,9-10,14H,1,7-8,20H2,2H3,(H,21,23)(H,22,24)/b12-4+,16-10-. The Kier molecular flexibility index (Phi) is 5.82. The number of hydrogen-bond donors (Lipinski definition) is 3. The first kappa shape index (κ1) is 17.8. The quantitative estimate of drug-likeness (QED) is 0.421. The minimum atomic E-state index is -0.388. The van der Waals surface area contributed by atoms with Crippen LogP contribution in [0.2, 0.25) is 0 Å². The molecule has 0 aliphatic heterocycles. The Morgan fingerprint density at radius 3 is 2.67 bits per heavy atom. The summed E-state index contributed by atoms with van der Waals surface area (Å²) in [7, 11) is 0. The Morgan fingerprint density at radius 2 is 2.08 bits per heavy atom. The van der Waals surface area contributed by atoms with Crippen LogP contribution in [0.3, 0.4) is 0 Å². The average Bonchev–Trinajstić information content (AvgIpc) is 3.32. The van der Waals surface area contributed by atoms with E-state index in [0.717, 1.165) is 18.4 Å². The molecule has 0 spiro atoms. The van der Waals surface area contributed by atoms with E-state index in [1.807, 2.05) is 6.92 Å². The summed E-state index contributed by atoms with van der Waals surface area (Å²) in [6, 6.07) is 5.46. The van der Waals surface area contributed by atoms with E-state index in [4.69, 9.17) is 17.3 Å². The number of halogens is 1. The lowest BCUT2D eigenvalue weighted by atomic mass is 10.1. The number of carbonyl (C=O) groups excluding carboxylic acids is 2. The highest BCUT2D eigenvalue weighted by atomic mass is 35.5. The second kappa shape index (κ2) is 7.84. The molecule has 4 N–H and O–H groups in total. The number of allylic oxidation sites excluding steroid dienone is 2. The van der Waals surface area contributed by atoms with Gasteiger partial charge >= 0.3 is 0 Å². The Balaban J connectivity index is 2.19. The van der Waals surface area contributed by atoms with Crippen molar-refractivity contribution in [1.29, 1.82) is 0 Å². The second-order valence-corrected chi connectivity index (χ2v) is 6.05. The number of carbonyl (C=O) groups is 2. The van der Waals surface area contributed by atoms with E-state index in [2.05, 4.69) is 17.2 Å². The fraction of sp³-hybridized carbons (Fsp3) is 0.222. The highest BCUT2D eigenvalue weighted by Gasteiger charge is 2.24. The number of hydrogen-bond acceptors (Lipinski definition) is 3. The van der Waals surface area contributed by atoms with Crippen molar-refractivity contribution in [1.82, 2.24) is 5.32 Å². The van der Waals surface area contributed by atoms with Gasteiger partial charge in [-0.3, -0.25) is 9.59 Å². The first-order valence-electron chi connectivity index (χ1n) is 7.59. The van der Waals surface area contributed by atoms with Crippen molar-refractivity contribution in [3.63, 3.8) is 0 Å². The zero-order valence-electron chi connectivity index (χ0n) is 13.4. The molecule has 126 valence electrons. The van der Waals surface area contributed by atoms with E-state index < -0.39 is 0 Å². The molecule has 0 saturated heterocycles. The van der Waals surface area contributed by atoms with Crippen molar-refractivity contribution in [2.75, 3.05) is 5.32 Å². The number of amides is 2. The van der Waals surface area contributed by atoms with Crippen LogP contribution in [-0.4, -0.2) is 17.9 Å². The van der Waals surface area contributed by atoms with Crippen LogP contribution in [0, 0.1) is 6.92 Å². The molecule has 24 heavy (non-hydrogen) atoms. The molecular weight excluding hydrogens is 326 g/mol. The fourth-order valence-electron chi connectivity index (χ4n) is 2.05. The molecule has 1 saturated carbocycles. The van der Waals surface area contributed by atoms with Crippen LogP contribution in [0.5, 0.6) is 0 Å². The van der Waals surface area contributed by atoms with E-state index in [9.17, 15) is 9.59 Å². The van der Waals surface area contributed by atoms with Crippen LogP contribution in [0.25, 0.3) is 0 Å². The van der Waals surface area contributed by atoms with E-state index in [1.165, 1.54) is 18.2 Å². The maximum atomic E-state index is 12.4. The summed E-state index contributed by atoms with van der Waals surface area (Å²) >= 11 is 5.64. The third kappa shape index (κ3) is 4.99. The van der Waals surface area contributed by atoms with Crippen LogP contribution < -0.4 is 16.4 Å². The summed E-state index contributed by atoms with van der Waals surface area (Å²) < 4.78 is 0. The Labute approximate surface area is 146 Å². The third-order valence-electron chi connectivity index (χ3n) is 3.51. The first-order valence-corrected chi connectivity index (χ1v) is 7.96. The van der Waals surface area contributed by atoms with E-state index in [-0.39, 0.29) is 28.6 Å². The molecule has 5 nitrogen and oxygen atoms in total. The molecular formula is C18H20ClN3O2. The molecule has 0 heterocycles. The molecule has 0 radical (unpaired) electrons. The van der Waals surface area contributed by atoms with Gasteiger partial charge < -0.3 is 16.4 Å². The number of aryl methyl sites for hydroxylation is 1. The summed E-state index contributed by atoms with van der Waals surface area (Å²) in [6.45, 7) is 5.41. The second-order valence-electron chi connectivity index (χ2n) is 5.62. The Bertz CT molecular complexity index is 730. The highest BCUT2D eigenvalue weighted by Crippen LogP contribution is 2.22. The van der Waals surface area contributed by atoms with Crippen molar-refractivity contribution in [2.45, 2.75) is 25.8 Å². The molecule has 2 rings (SSSR count). The zero-order chi connectivity index (χ0) is 17.7. The summed E-state index contributed by atoms with van der Waals surface area (Å²) in [5.41, 5.74) is 7.59. The highest BCUT2D eigenvalue weighted by molar-refractivity contribution is 6.29. The van der Waals surface area contributed by atoms with Gasteiger partial charge in [0.2, 0.25) is 0 Å². The Hall–Kier alpha value is -2.53. The summed E-state index contributed by atoms with van der Waals surface area (Å²) in [5.74, 6) is -0.527. The molecule has 1 aromatic carbocycles. The normalized spacial score (nSPS) is 14.9. The first-order chi connectivity index (χ1) is 11.4. The van der Waals surface area contributed by atoms with Crippen LogP contribution in [0.1, 0.15) is 28.8 Å². The topological polar surface area (TPSA) is 84.2 Å². The molecule has 1 aliphatic carbocycles. The monoisotopic (exact) mass is 345 g/mol.